The van der Waals surface area contributed by atoms with E-state index in [1.807, 2.05) is 22.6 Å². The largest absolute Gasteiger partial charge is 0.493 e. The number of benzene rings is 1. The van der Waals surface area contributed by atoms with Crippen LogP contribution in [0.15, 0.2) is 23.8 Å². The molecule has 0 bridgehead atoms. The number of hydrogen-bond acceptors (Lipinski definition) is 9. The molecule has 3 N–H and O–H groups in total. The van der Waals surface area contributed by atoms with E-state index in [0.717, 1.165) is 12.8 Å². The van der Waals surface area contributed by atoms with Crippen molar-refractivity contribution in [3.8, 4) is 11.5 Å². The molecule has 2 aliphatic heterocycles. The third kappa shape index (κ3) is 7.09. The standard InChI is InChI=1S/C27H35IN2O9/c1-36-23-10-16(14-32)9-20(28)25(23)39-22-12-18(26(34)29-5-6-31)11-21(24(22)33)30(13-19-3-2-7-38-19)27(35)17-4-8-37-15-17/h9-10,12,14,17,19,21-22,24,31,33H,2-8,11,13,15H2,1H3,(H,29,34). The van der Waals surface area contributed by atoms with Crippen molar-refractivity contribution in [3.05, 3.63) is 32.9 Å². The summed E-state index contributed by atoms with van der Waals surface area (Å²) in [4.78, 5) is 39.8. The summed E-state index contributed by atoms with van der Waals surface area (Å²) in [6, 6.07) is 2.39. The third-order valence-corrected chi connectivity index (χ3v) is 8.04. The zero-order chi connectivity index (χ0) is 27.9. The summed E-state index contributed by atoms with van der Waals surface area (Å²) < 4.78 is 23.6. The van der Waals surface area contributed by atoms with E-state index >= 15 is 0 Å². The number of carbonyl (C=O) groups is 3. The summed E-state index contributed by atoms with van der Waals surface area (Å²) in [6.07, 6.45) is 2.26. The molecule has 0 radical (unpaired) electrons. The van der Waals surface area contributed by atoms with Crippen molar-refractivity contribution in [2.75, 3.05) is 46.6 Å². The van der Waals surface area contributed by atoms with Gasteiger partial charge in [0.05, 0.1) is 42.0 Å². The van der Waals surface area contributed by atoms with Crippen LogP contribution in [0.3, 0.4) is 0 Å². The van der Waals surface area contributed by atoms with Gasteiger partial charge in [0.2, 0.25) is 11.8 Å². The molecule has 0 aromatic heterocycles. The lowest BCUT2D eigenvalue weighted by molar-refractivity contribution is -0.145. The van der Waals surface area contributed by atoms with Crippen molar-refractivity contribution < 1.29 is 43.5 Å². The van der Waals surface area contributed by atoms with Crippen LogP contribution >= 0.6 is 22.6 Å². The summed E-state index contributed by atoms with van der Waals surface area (Å²) >= 11 is 2.02. The quantitative estimate of drug-likeness (QED) is 0.235. The summed E-state index contributed by atoms with van der Waals surface area (Å²) in [5.41, 5.74) is 0.729. The topological polar surface area (TPSA) is 144 Å². The van der Waals surface area contributed by atoms with Crippen LogP contribution in [-0.2, 0) is 19.1 Å². The molecule has 5 atom stereocenters. The van der Waals surface area contributed by atoms with E-state index in [4.69, 9.17) is 18.9 Å². The number of rotatable bonds is 11. The number of carbonyl (C=O) groups excluding carboxylic acids is 3. The van der Waals surface area contributed by atoms with Gasteiger partial charge in [-0.3, -0.25) is 14.4 Å². The smallest absolute Gasteiger partial charge is 0.247 e. The van der Waals surface area contributed by atoms with Gasteiger partial charge >= 0.3 is 0 Å². The van der Waals surface area contributed by atoms with Crippen molar-refractivity contribution in [2.45, 2.75) is 50.0 Å². The van der Waals surface area contributed by atoms with Crippen LogP contribution in [0.4, 0.5) is 0 Å². The van der Waals surface area contributed by atoms with Gasteiger partial charge in [0.25, 0.3) is 0 Å². The summed E-state index contributed by atoms with van der Waals surface area (Å²) in [6.45, 7) is 1.53. The van der Waals surface area contributed by atoms with Crippen LogP contribution in [0, 0.1) is 9.49 Å². The Morgan fingerprint density at radius 1 is 1.28 bits per heavy atom. The zero-order valence-corrected chi connectivity index (χ0v) is 24.0. The highest BCUT2D eigenvalue weighted by Gasteiger charge is 2.43. The normalized spacial score (nSPS) is 26.6. The molecule has 2 amide bonds. The summed E-state index contributed by atoms with van der Waals surface area (Å²) in [5.74, 6) is -0.298. The fourth-order valence-electron chi connectivity index (χ4n) is 5.20. The Morgan fingerprint density at radius 2 is 2.10 bits per heavy atom. The monoisotopic (exact) mass is 658 g/mol. The number of ether oxygens (including phenoxy) is 4. The maximum absolute atomic E-state index is 13.7. The Labute approximate surface area is 240 Å². The number of nitrogens with zero attached hydrogens (tertiary/aromatic N) is 1. The predicted octanol–water partition coefficient (Wildman–Crippen LogP) is 1.07. The molecule has 1 aromatic carbocycles. The Kier molecular flexibility index (Phi) is 10.6. The van der Waals surface area contributed by atoms with Gasteiger partial charge in [0.1, 0.15) is 18.5 Å². The molecule has 2 saturated heterocycles. The first-order valence-electron chi connectivity index (χ1n) is 13.1. The number of hydrogen-bond donors (Lipinski definition) is 3. The Bertz CT molecular complexity index is 1070. The SMILES string of the molecule is COc1cc(C=O)cc(I)c1OC1C=C(C(=O)NCCO)CC(N(CC2CCCO2)C(=O)C2CCOC2)C1O. The first-order valence-corrected chi connectivity index (χ1v) is 14.2. The second kappa shape index (κ2) is 13.9. The van der Waals surface area contributed by atoms with Crippen LogP contribution in [0.5, 0.6) is 11.5 Å². The van der Waals surface area contributed by atoms with Crippen molar-refractivity contribution in [2.24, 2.45) is 5.92 Å². The number of nitrogens with one attached hydrogen (secondary N) is 1. The van der Waals surface area contributed by atoms with Crippen LogP contribution < -0.4 is 14.8 Å². The van der Waals surface area contributed by atoms with E-state index in [9.17, 15) is 24.6 Å². The fraction of sp³-hybridized carbons (Fsp3) is 0.593. The molecular formula is C27H35IN2O9. The lowest BCUT2D eigenvalue weighted by atomic mass is 9.87. The molecular weight excluding hydrogens is 623 g/mol. The molecule has 11 nitrogen and oxygen atoms in total. The number of aliphatic hydroxyl groups is 2. The van der Waals surface area contributed by atoms with E-state index in [1.54, 1.807) is 17.0 Å². The molecule has 39 heavy (non-hydrogen) atoms. The molecule has 214 valence electrons. The fourth-order valence-corrected chi connectivity index (χ4v) is 5.95. The molecule has 0 spiro atoms. The van der Waals surface area contributed by atoms with Crippen molar-refractivity contribution in [1.82, 2.24) is 10.2 Å². The molecule has 1 aromatic rings. The van der Waals surface area contributed by atoms with Crippen molar-refractivity contribution >= 4 is 40.7 Å². The van der Waals surface area contributed by atoms with Gasteiger partial charge in [-0.1, -0.05) is 0 Å². The number of aliphatic hydroxyl groups excluding tert-OH is 2. The first-order chi connectivity index (χ1) is 18.9. The van der Waals surface area contributed by atoms with Gasteiger partial charge in [-0.25, -0.2) is 0 Å². The van der Waals surface area contributed by atoms with Gasteiger partial charge in [-0.2, -0.15) is 0 Å². The minimum Gasteiger partial charge on any atom is -0.493 e. The average molecular weight is 658 g/mol. The average Bonchev–Trinajstić information content (AvgIpc) is 3.67. The molecule has 2 fully saturated rings. The van der Waals surface area contributed by atoms with E-state index in [0.29, 0.717) is 58.7 Å². The zero-order valence-electron chi connectivity index (χ0n) is 21.8. The third-order valence-electron chi connectivity index (χ3n) is 7.24. The molecule has 1 aliphatic carbocycles. The maximum atomic E-state index is 13.7. The highest BCUT2D eigenvalue weighted by atomic mass is 127. The van der Waals surface area contributed by atoms with Gasteiger partial charge in [-0.15, -0.1) is 0 Å². The van der Waals surface area contributed by atoms with E-state index in [1.165, 1.54) is 13.2 Å². The molecule has 12 heteroatoms. The number of halogens is 1. The van der Waals surface area contributed by atoms with E-state index in [-0.39, 0.29) is 44.0 Å². The van der Waals surface area contributed by atoms with Gasteiger partial charge in [0, 0.05) is 43.9 Å². The number of amides is 2. The van der Waals surface area contributed by atoms with Crippen LogP contribution in [0.25, 0.3) is 0 Å². The molecule has 3 aliphatic rings. The minimum atomic E-state index is -1.18. The van der Waals surface area contributed by atoms with Gasteiger partial charge < -0.3 is 39.4 Å². The summed E-state index contributed by atoms with van der Waals surface area (Å²) in [5, 5.41) is 23.5. The number of aldehydes is 1. The molecule has 5 unspecified atom stereocenters. The van der Waals surface area contributed by atoms with E-state index in [2.05, 4.69) is 5.32 Å². The molecule has 2 heterocycles. The second-order valence-corrected chi connectivity index (χ2v) is 11.0. The highest BCUT2D eigenvalue weighted by molar-refractivity contribution is 14.1. The van der Waals surface area contributed by atoms with Crippen LogP contribution in [-0.4, -0.2) is 104 Å². The van der Waals surface area contributed by atoms with Gasteiger partial charge in [0.15, 0.2) is 11.5 Å². The first kappa shape index (κ1) is 29.7. The Hall–Kier alpha value is -2.26. The maximum Gasteiger partial charge on any atom is 0.247 e. The minimum absolute atomic E-state index is 0.0613. The van der Waals surface area contributed by atoms with Gasteiger partial charge in [-0.05, 0) is 60.1 Å². The molecule has 0 saturated carbocycles. The Morgan fingerprint density at radius 3 is 2.74 bits per heavy atom. The molecule has 4 rings (SSSR count). The number of methoxy groups -OCH3 is 1. The lowest BCUT2D eigenvalue weighted by Gasteiger charge is -2.42. The highest BCUT2D eigenvalue weighted by Crippen LogP contribution is 2.37. The van der Waals surface area contributed by atoms with Crippen molar-refractivity contribution in [3.63, 3.8) is 0 Å². The summed E-state index contributed by atoms with van der Waals surface area (Å²) in [7, 11) is 1.45. The Balaban J connectivity index is 1.69. The van der Waals surface area contributed by atoms with Crippen LogP contribution in [0.1, 0.15) is 36.0 Å². The second-order valence-electron chi connectivity index (χ2n) is 9.85. The lowest BCUT2D eigenvalue weighted by Crippen LogP contribution is -2.57. The van der Waals surface area contributed by atoms with Crippen LogP contribution in [0.2, 0.25) is 0 Å². The predicted molar refractivity (Wildman–Crippen MR) is 148 cm³/mol. The van der Waals surface area contributed by atoms with E-state index < -0.39 is 24.2 Å². The van der Waals surface area contributed by atoms with Crippen molar-refractivity contribution in [1.29, 1.82) is 0 Å².